The molecule has 7 heteroatoms. The van der Waals surface area contributed by atoms with Gasteiger partial charge in [-0.3, -0.25) is 4.79 Å². The summed E-state index contributed by atoms with van der Waals surface area (Å²) in [5, 5.41) is 9.17. The van der Waals surface area contributed by atoms with Crippen molar-refractivity contribution in [1.29, 1.82) is 0 Å². The molecule has 0 aliphatic rings. The van der Waals surface area contributed by atoms with E-state index in [4.69, 9.17) is 4.52 Å². The Balaban J connectivity index is 2.51. The zero-order valence-electron chi connectivity index (χ0n) is 13.6. The number of nitrogens with zero attached hydrogens (tertiary/aromatic N) is 2. The minimum Gasteiger partial charge on any atom is -0.360 e. The van der Waals surface area contributed by atoms with Gasteiger partial charge in [-0.1, -0.05) is 31.8 Å². The van der Waals surface area contributed by atoms with E-state index in [9.17, 15) is 9.59 Å². The minimum atomic E-state index is -0.282. The smallest absolute Gasteiger partial charge is 0.317 e. The lowest BCUT2D eigenvalue weighted by atomic mass is 10.3. The van der Waals surface area contributed by atoms with Gasteiger partial charge in [-0.2, -0.15) is 0 Å². The number of amides is 3. The van der Waals surface area contributed by atoms with Crippen LogP contribution in [0.25, 0.3) is 0 Å². The van der Waals surface area contributed by atoms with E-state index in [1.165, 1.54) is 4.90 Å². The summed E-state index contributed by atoms with van der Waals surface area (Å²) < 4.78 is 4.89. The van der Waals surface area contributed by atoms with Gasteiger partial charge in [0.05, 0.1) is 0 Å². The van der Waals surface area contributed by atoms with Crippen molar-refractivity contribution >= 4 is 17.8 Å². The molecule has 1 rings (SSSR count). The quantitative estimate of drug-likeness (QED) is 0.686. The molecule has 0 bridgehead atoms. The van der Waals surface area contributed by atoms with Crippen LogP contribution in [-0.4, -0.2) is 41.6 Å². The first-order valence-corrected chi connectivity index (χ1v) is 7.82. The van der Waals surface area contributed by atoms with E-state index in [0.29, 0.717) is 24.7 Å². The summed E-state index contributed by atoms with van der Waals surface area (Å²) in [5.74, 6) is 0.704. The Morgan fingerprint density at radius 1 is 1.27 bits per heavy atom. The van der Waals surface area contributed by atoms with Crippen LogP contribution < -0.4 is 10.6 Å². The van der Waals surface area contributed by atoms with Gasteiger partial charge in [0.25, 0.3) is 0 Å². The lowest BCUT2D eigenvalue weighted by Crippen LogP contribution is -2.44. The van der Waals surface area contributed by atoms with E-state index < -0.39 is 0 Å². The van der Waals surface area contributed by atoms with Gasteiger partial charge in [-0.05, 0) is 19.8 Å². The number of urea groups is 1. The highest BCUT2D eigenvalue weighted by atomic mass is 16.5. The van der Waals surface area contributed by atoms with Gasteiger partial charge >= 0.3 is 6.03 Å². The molecule has 22 heavy (non-hydrogen) atoms. The summed E-state index contributed by atoms with van der Waals surface area (Å²) in [6.07, 6.45) is 3.76. The van der Waals surface area contributed by atoms with Crippen LogP contribution in [0.2, 0.25) is 0 Å². The maximum absolute atomic E-state index is 12.1. The first-order valence-electron chi connectivity index (χ1n) is 7.82. The highest BCUT2D eigenvalue weighted by molar-refractivity contribution is 5.93. The van der Waals surface area contributed by atoms with Crippen LogP contribution >= 0.6 is 0 Å². The molecule has 0 saturated carbocycles. The first kappa shape index (κ1) is 18.0. The van der Waals surface area contributed by atoms with E-state index in [1.54, 1.807) is 13.0 Å². The zero-order valence-corrected chi connectivity index (χ0v) is 13.6. The highest BCUT2D eigenvalue weighted by Gasteiger charge is 2.17. The van der Waals surface area contributed by atoms with Gasteiger partial charge < -0.3 is 20.1 Å². The SMILES string of the molecule is CCCCNC(=O)N(CCCC)CC(=O)Nc1cc(C)on1. The molecule has 0 atom stereocenters. The Morgan fingerprint density at radius 2 is 2.00 bits per heavy atom. The number of nitrogens with one attached hydrogen (secondary N) is 2. The second kappa shape index (κ2) is 9.81. The molecule has 0 aliphatic heterocycles. The third kappa shape index (κ3) is 6.60. The zero-order chi connectivity index (χ0) is 16.4. The highest BCUT2D eigenvalue weighted by Crippen LogP contribution is 2.07. The van der Waals surface area contributed by atoms with E-state index in [2.05, 4.69) is 22.7 Å². The summed E-state index contributed by atoms with van der Waals surface area (Å²) in [7, 11) is 0. The average Bonchev–Trinajstić information content (AvgIpc) is 2.88. The predicted octanol–water partition coefficient (Wildman–Crippen LogP) is 2.53. The Morgan fingerprint density at radius 3 is 2.59 bits per heavy atom. The summed E-state index contributed by atoms with van der Waals surface area (Å²) in [6, 6.07) is 1.43. The third-order valence-corrected chi connectivity index (χ3v) is 3.11. The van der Waals surface area contributed by atoms with Crippen LogP contribution in [0, 0.1) is 6.92 Å². The summed E-state index contributed by atoms with van der Waals surface area (Å²) in [5.41, 5.74) is 0. The van der Waals surface area contributed by atoms with E-state index in [-0.39, 0.29) is 18.5 Å². The van der Waals surface area contributed by atoms with Gasteiger partial charge in [-0.25, -0.2) is 4.79 Å². The molecule has 7 nitrogen and oxygen atoms in total. The number of aryl methyl sites for hydroxylation is 1. The molecule has 0 unspecified atom stereocenters. The fourth-order valence-corrected chi connectivity index (χ4v) is 1.87. The van der Waals surface area contributed by atoms with Gasteiger partial charge in [-0.15, -0.1) is 0 Å². The Bertz CT molecular complexity index is 473. The fraction of sp³-hybridized carbons (Fsp3) is 0.667. The number of anilines is 1. The maximum Gasteiger partial charge on any atom is 0.317 e. The molecular formula is C15H26N4O3. The molecule has 0 aromatic carbocycles. The topological polar surface area (TPSA) is 87.5 Å². The van der Waals surface area contributed by atoms with Crippen molar-refractivity contribution in [2.24, 2.45) is 0 Å². The van der Waals surface area contributed by atoms with Crippen LogP contribution in [0.5, 0.6) is 0 Å². The molecule has 0 radical (unpaired) electrons. The molecule has 1 aromatic rings. The molecule has 2 N–H and O–H groups in total. The van der Waals surface area contributed by atoms with Gasteiger partial charge in [0.15, 0.2) is 5.82 Å². The molecule has 1 aromatic heterocycles. The molecule has 124 valence electrons. The van der Waals surface area contributed by atoms with Crippen LogP contribution in [0.4, 0.5) is 10.6 Å². The largest absolute Gasteiger partial charge is 0.360 e. The first-order chi connectivity index (χ1) is 10.6. The number of carbonyl (C=O) groups excluding carboxylic acids is 2. The van der Waals surface area contributed by atoms with Crippen molar-refractivity contribution in [3.05, 3.63) is 11.8 Å². The lowest BCUT2D eigenvalue weighted by Gasteiger charge is -2.22. The maximum atomic E-state index is 12.1. The summed E-state index contributed by atoms with van der Waals surface area (Å²) in [6.45, 7) is 7.04. The van der Waals surface area contributed by atoms with Crippen molar-refractivity contribution < 1.29 is 14.1 Å². The van der Waals surface area contributed by atoms with Gasteiger partial charge in [0.1, 0.15) is 12.3 Å². The van der Waals surface area contributed by atoms with Crippen LogP contribution in [0.15, 0.2) is 10.6 Å². The number of hydrogen-bond acceptors (Lipinski definition) is 4. The van der Waals surface area contributed by atoms with E-state index >= 15 is 0 Å². The molecule has 0 spiro atoms. The Labute approximate surface area is 131 Å². The predicted molar refractivity (Wildman–Crippen MR) is 84.7 cm³/mol. The average molecular weight is 310 g/mol. The molecule has 0 saturated heterocycles. The van der Waals surface area contributed by atoms with E-state index in [1.807, 2.05) is 6.92 Å². The van der Waals surface area contributed by atoms with Crippen LogP contribution in [0.3, 0.4) is 0 Å². The monoisotopic (exact) mass is 310 g/mol. The van der Waals surface area contributed by atoms with Crippen molar-refractivity contribution in [2.45, 2.75) is 46.5 Å². The van der Waals surface area contributed by atoms with Crippen LogP contribution in [0.1, 0.15) is 45.3 Å². The number of aromatic nitrogens is 1. The molecule has 1 heterocycles. The molecule has 0 aliphatic carbocycles. The normalized spacial score (nSPS) is 10.3. The van der Waals surface area contributed by atoms with Crippen molar-refractivity contribution in [2.75, 3.05) is 25.0 Å². The standard InChI is InChI=1S/C15H26N4O3/c1-4-6-8-16-15(21)19(9-7-5-2)11-14(20)17-13-10-12(3)22-18-13/h10H,4-9,11H2,1-3H3,(H,16,21)(H,17,18,20). The van der Waals surface area contributed by atoms with Crippen molar-refractivity contribution in [3.63, 3.8) is 0 Å². The second-order valence-corrected chi connectivity index (χ2v) is 5.23. The van der Waals surface area contributed by atoms with Crippen LogP contribution in [-0.2, 0) is 4.79 Å². The number of carbonyl (C=O) groups is 2. The Hall–Kier alpha value is -2.05. The van der Waals surface area contributed by atoms with Crippen molar-refractivity contribution in [1.82, 2.24) is 15.4 Å². The molecule has 3 amide bonds. The van der Waals surface area contributed by atoms with E-state index in [0.717, 1.165) is 25.7 Å². The van der Waals surface area contributed by atoms with Crippen molar-refractivity contribution in [3.8, 4) is 0 Å². The molecule has 0 fully saturated rings. The number of unbranched alkanes of at least 4 members (excludes halogenated alkanes) is 2. The summed E-state index contributed by atoms with van der Waals surface area (Å²) in [4.78, 5) is 25.7. The third-order valence-electron chi connectivity index (χ3n) is 3.11. The lowest BCUT2D eigenvalue weighted by molar-refractivity contribution is -0.116. The minimum absolute atomic E-state index is 0.00384. The number of rotatable bonds is 9. The second-order valence-electron chi connectivity index (χ2n) is 5.23. The van der Waals surface area contributed by atoms with Gasteiger partial charge in [0.2, 0.25) is 5.91 Å². The fourth-order valence-electron chi connectivity index (χ4n) is 1.87. The number of hydrogen-bond donors (Lipinski definition) is 2. The molecular weight excluding hydrogens is 284 g/mol. The van der Waals surface area contributed by atoms with Gasteiger partial charge in [0, 0.05) is 19.2 Å². The Kier molecular flexibility index (Phi) is 8.03. The summed E-state index contributed by atoms with van der Waals surface area (Å²) >= 11 is 0.